The van der Waals surface area contributed by atoms with Crippen molar-refractivity contribution in [3.63, 3.8) is 0 Å². The second kappa shape index (κ2) is 6.51. The number of carbonyl (C=O) groups excluding carboxylic acids is 1. The number of aromatic nitrogens is 2. The molecule has 0 bridgehead atoms. The predicted octanol–water partition coefficient (Wildman–Crippen LogP) is 1.03. The quantitative estimate of drug-likeness (QED) is 0.701. The van der Waals surface area contributed by atoms with Crippen molar-refractivity contribution in [2.45, 2.75) is 6.54 Å². The molecule has 0 aliphatic rings. The third kappa shape index (κ3) is 2.97. The van der Waals surface area contributed by atoms with Crippen LogP contribution in [0.4, 0.5) is 0 Å². The number of rotatable bonds is 4. The van der Waals surface area contributed by atoms with Gasteiger partial charge in [-0.2, -0.15) is 0 Å². The second-order valence-electron chi connectivity index (χ2n) is 5.20. The van der Waals surface area contributed by atoms with Gasteiger partial charge in [0.15, 0.2) is 0 Å². The number of nitrogens with one attached hydrogen (secondary N) is 2. The van der Waals surface area contributed by atoms with Gasteiger partial charge in [0.05, 0.1) is 24.6 Å². The first-order chi connectivity index (χ1) is 11.6. The number of benzene rings is 2. The van der Waals surface area contributed by atoms with Gasteiger partial charge in [-0.05, 0) is 29.8 Å². The van der Waals surface area contributed by atoms with Crippen molar-refractivity contribution in [1.29, 1.82) is 0 Å². The molecule has 122 valence electrons. The molecule has 0 unspecified atom stereocenters. The van der Waals surface area contributed by atoms with Crippen LogP contribution in [0.1, 0.15) is 15.9 Å². The maximum atomic E-state index is 12.2. The Labute approximate surface area is 136 Å². The Morgan fingerprint density at radius 3 is 2.75 bits per heavy atom. The molecule has 0 spiro atoms. The van der Waals surface area contributed by atoms with E-state index in [0.29, 0.717) is 16.5 Å². The SMILES string of the molecule is CONC(=O)c1cccc(Cn2c(=O)[nH]c(=O)c3ccccc32)c1. The highest BCUT2D eigenvalue weighted by atomic mass is 16.6. The molecule has 0 aliphatic carbocycles. The van der Waals surface area contributed by atoms with Crippen LogP contribution in [0.2, 0.25) is 0 Å². The van der Waals surface area contributed by atoms with Gasteiger partial charge in [0.25, 0.3) is 11.5 Å². The highest BCUT2D eigenvalue weighted by molar-refractivity contribution is 5.93. The number of amides is 1. The van der Waals surface area contributed by atoms with E-state index in [2.05, 4.69) is 15.3 Å². The highest BCUT2D eigenvalue weighted by Crippen LogP contribution is 2.11. The maximum Gasteiger partial charge on any atom is 0.329 e. The van der Waals surface area contributed by atoms with Gasteiger partial charge >= 0.3 is 5.69 Å². The second-order valence-corrected chi connectivity index (χ2v) is 5.20. The molecular weight excluding hydrogens is 310 g/mol. The summed E-state index contributed by atoms with van der Waals surface area (Å²) in [7, 11) is 1.35. The smallest absolute Gasteiger partial charge is 0.289 e. The first-order valence-corrected chi connectivity index (χ1v) is 7.24. The summed E-state index contributed by atoms with van der Waals surface area (Å²) >= 11 is 0. The Morgan fingerprint density at radius 1 is 1.17 bits per heavy atom. The number of para-hydroxylation sites is 1. The van der Waals surface area contributed by atoms with Crippen molar-refractivity contribution in [2.75, 3.05) is 7.11 Å². The molecule has 0 saturated carbocycles. The predicted molar refractivity (Wildman–Crippen MR) is 88.8 cm³/mol. The van der Waals surface area contributed by atoms with Gasteiger partial charge in [-0.15, -0.1) is 0 Å². The molecule has 2 N–H and O–H groups in total. The van der Waals surface area contributed by atoms with Gasteiger partial charge in [-0.1, -0.05) is 24.3 Å². The molecule has 7 nitrogen and oxygen atoms in total. The molecule has 1 aromatic heterocycles. The average Bonchev–Trinajstić information content (AvgIpc) is 2.59. The lowest BCUT2D eigenvalue weighted by Crippen LogP contribution is -2.30. The monoisotopic (exact) mass is 325 g/mol. The summed E-state index contributed by atoms with van der Waals surface area (Å²) in [5.41, 5.74) is 3.04. The molecule has 24 heavy (non-hydrogen) atoms. The summed E-state index contributed by atoms with van der Waals surface area (Å²) in [4.78, 5) is 42.8. The number of fused-ring (bicyclic) bond motifs is 1. The number of H-pyrrole nitrogens is 1. The van der Waals surface area contributed by atoms with Gasteiger partial charge in [0.2, 0.25) is 0 Å². The number of hydrogen-bond acceptors (Lipinski definition) is 4. The molecule has 0 fully saturated rings. The minimum Gasteiger partial charge on any atom is -0.289 e. The van der Waals surface area contributed by atoms with Gasteiger partial charge < -0.3 is 0 Å². The van der Waals surface area contributed by atoms with E-state index < -0.39 is 11.2 Å². The number of aromatic amines is 1. The summed E-state index contributed by atoms with van der Waals surface area (Å²) in [6.45, 7) is 0.226. The van der Waals surface area contributed by atoms with Gasteiger partial charge in [-0.3, -0.25) is 24.0 Å². The van der Waals surface area contributed by atoms with Crippen molar-refractivity contribution in [3.8, 4) is 0 Å². The zero-order chi connectivity index (χ0) is 17.1. The summed E-state index contributed by atoms with van der Waals surface area (Å²) < 4.78 is 1.46. The Hall–Kier alpha value is -3.19. The zero-order valence-corrected chi connectivity index (χ0v) is 12.9. The van der Waals surface area contributed by atoms with Crippen LogP contribution in [-0.2, 0) is 11.4 Å². The van der Waals surface area contributed by atoms with Gasteiger partial charge in [0, 0.05) is 5.56 Å². The maximum absolute atomic E-state index is 12.2. The van der Waals surface area contributed by atoms with Crippen molar-refractivity contribution in [2.24, 2.45) is 0 Å². The Kier molecular flexibility index (Phi) is 4.26. The molecule has 3 rings (SSSR count). The standard InChI is InChI=1S/C17H15N3O4/c1-24-19-15(21)12-6-4-5-11(9-12)10-20-14-8-3-2-7-13(14)16(22)18-17(20)23/h2-9H,10H2,1H3,(H,19,21)(H,18,22,23). The number of hydrogen-bond donors (Lipinski definition) is 2. The first-order valence-electron chi connectivity index (χ1n) is 7.24. The van der Waals surface area contributed by atoms with Crippen LogP contribution in [0.3, 0.4) is 0 Å². The van der Waals surface area contributed by atoms with Gasteiger partial charge in [0.1, 0.15) is 0 Å². The lowest BCUT2D eigenvalue weighted by Gasteiger charge is -2.10. The van der Waals surface area contributed by atoms with Crippen LogP contribution < -0.4 is 16.7 Å². The molecular formula is C17H15N3O4. The van der Waals surface area contributed by atoms with E-state index in [9.17, 15) is 14.4 Å². The summed E-state index contributed by atoms with van der Waals surface area (Å²) in [5, 5.41) is 0.436. The summed E-state index contributed by atoms with van der Waals surface area (Å²) in [5.74, 6) is -0.377. The molecule has 0 atom stereocenters. The van der Waals surface area contributed by atoms with E-state index in [1.54, 1.807) is 48.5 Å². The van der Waals surface area contributed by atoms with Gasteiger partial charge in [-0.25, -0.2) is 10.3 Å². The van der Waals surface area contributed by atoms with E-state index in [1.165, 1.54) is 11.7 Å². The minimum atomic E-state index is -0.495. The fourth-order valence-electron chi connectivity index (χ4n) is 2.54. The van der Waals surface area contributed by atoms with Crippen LogP contribution in [0, 0.1) is 0 Å². The van der Waals surface area contributed by atoms with Crippen molar-refractivity contribution < 1.29 is 9.63 Å². The molecule has 2 aromatic carbocycles. The van der Waals surface area contributed by atoms with Crippen LogP contribution in [0.25, 0.3) is 10.9 Å². The third-order valence-electron chi connectivity index (χ3n) is 3.63. The molecule has 0 saturated heterocycles. The van der Waals surface area contributed by atoms with Crippen molar-refractivity contribution in [3.05, 3.63) is 80.5 Å². The topological polar surface area (TPSA) is 93.2 Å². The Bertz CT molecular complexity index is 1020. The molecule has 1 heterocycles. The first kappa shape index (κ1) is 15.7. The molecule has 0 aliphatic heterocycles. The fraction of sp³-hybridized carbons (Fsp3) is 0.118. The van der Waals surface area contributed by atoms with E-state index in [0.717, 1.165) is 5.56 Å². The number of carbonyl (C=O) groups is 1. The minimum absolute atomic E-state index is 0.226. The highest BCUT2D eigenvalue weighted by Gasteiger charge is 2.09. The third-order valence-corrected chi connectivity index (χ3v) is 3.63. The van der Waals surface area contributed by atoms with Crippen LogP contribution >= 0.6 is 0 Å². The van der Waals surface area contributed by atoms with Crippen molar-refractivity contribution >= 4 is 16.8 Å². The summed E-state index contributed by atoms with van der Waals surface area (Å²) in [6, 6.07) is 13.7. The van der Waals surface area contributed by atoms with Crippen LogP contribution in [0.5, 0.6) is 0 Å². The lowest BCUT2D eigenvalue weighted by atomic mass is 10.1. The average molecular weight is 325 g/mol. The van der Waals surface area contributed by atoms with Crippen molar-refractivity contribution in [1.82, 2.24) is 15.0 Å². The lowest BCUT2D eigenvalue weighted by molar-refractivity contribution is 0.0537. The Morgan fingerprint density at radius 2 is 1.96 bits per heavy atom. The van der Waals surface area contributed by atoms with E-state index >= 15 is 0 Å². The largest absolute Gasteiger partial charge is 0.329 e. The fourth-order valence-corrected chi connectivity index (χ4v) is 2.54. The molecule has 7 heteroatoms. The van der Waals surface area contributed by atoms with Crippen LogP contribution in [0.15, 0.2) is 58.1 Å². The molecule has 1 amide bonds. The molecule has 0 radical (unpaired) electrons. The van der Waals surface area contributed by atoms with E-state index in [-0.39, 0.29) is 12.5 Å². The molecule has 3 aromatic rings. The van der Waals surface area contributed by atoms with Crippen LogP contribution in [-0.4, -0.2) is 22.6 Å². The van der Waals surface area contributed by atoms with E-state index in [1.807, 2.05) is 0 Å². The Balaban J connectivity index is 2.05. The number of nitrogens with zero attached hydrogens (tertiary/aromatic N) is 1. The zero-order valence-electron chi connectivity index (χ0n) is 12.9. The number of hydroxylamine groups is 1. The normalized spacial score (nSPS) is 10.7. The van der Waals surface area contributed by atoms with E-state index in [4.69, 9.17) is 0 Å². The summed E-state index contributed by atoms with van der Waals surface area (Å²) in [6.07, 6.45) is 0.